The lowest BCUT2D eigenvalue weighted by Crippen LogP contribution is -2.29. The first-order chi connectivity index (χ1) is 7.63. The molecule has 88 valence electrons. The summed E-state index contributed by atoms with van der Waals surface area (Å²) in [6.07, 6.45) is 1.59. The molecule has 0 spiro atoms. The van der Waals surface area contributed by atoms with E-state index in [1.54, 1.807) is 0 Å². The molecule has 2 nitrogen and oxygen atoms in total. The van der Waals surface area contributed by atoms with Gasteiger partial charge in [-0.2, -0.15) is 0 Å². The molecule has 1 rings (SSSR count). The first-order valence-corrected chi connectivity index (χ1v) is 5.94. The van der Waals surface area contributed by atoms with E-state index in [9.17, 15) is 4.79 Å². The average molecular weight is 219 g/mol. The smallest absolute Gasteiger partial charge is 0.224 e. The van der Waals surface area contributed by atoms with Gasteiger partial charge in [-0.15, -0.1) is 0 Å². The zero-order chi connectivity index (χ0) is 12.0. The van der Waals surface area contributed by atoms with E-state index in [4.69, 9.17) is 0 Å². The molecule has 1 atom stereocenters. The predicted molar refractivity (Wildman–Crippen MR) is 67.3 cm³/mol. The zero-order valence-corrected chi connectivity index (χ0v) is 10.4. The summed E-state index contributed by atoms with van der Waals surface area (Å²) in [4.78, 5) is 11.7. The minimum absolute atomic E-state index is 0.120. The molecule has 0 aromatic heterocycles. The Morgan fingerprint density at radius 1 is 1.38 bits per heavy atom. The van der Waals surface area contributed by atoms with E-state index >= 15 is 0 Å². The maximum atomic E-state index is 11.7. The Labute approximate surface area is 98.1 Å². The Kier molecular flexibility index (Phi) is 5.03. The van der Waals surface area contributed by atoms with E-state index in [1.807, 2.05) is 31.2 Å². The SMILES string of the molecule is CCC(C)CNC(=O)Cc1ccccc1C. The van der Waals surface area contributed by atoms with Gasteiger partial charge in [0.15, 0.2) is 0 Å². The number of amides is 1. The van der Waals surface area contributed by atoms with Crippen LogP contribution in [0.15, 0.2) is 24.3 Å². The highest BCUT2D eigenvalue weighted by Crippen LogP contribution is 2.07. The van der Waals surface area contributed by atoms with Crippen molar-refractivity contribution in [2.45, 2.75) is 33.6 Å². The van der Waals surface area contributed by atoms with E-state index < -0.39 is 0 Å². The lowest BCUT2D eigenvalue weighted by molar-refractivity contribution is -0.120. The molecule has 1 unspecified atom stereocenters. The van der Waals surface area contributed by atoms with Crippen LogP contribution in [0.5, 0.6) is 0 Å². The van der Waals surface area contributed by atoms with Crippen molar-refractivity contribution < 1.29 is 4.79 Å². The highest BCUT2D eigenvalue weighted by Gasteiger charge is 2.06. The fourth-order valence-corrected chi connectivity index (χ4v) is 1.48. The Bertz CT molecular complexity index is 346. The molecule has 0 saturated carbocycles. The molecule has 2 heteroatoms. The largest absolute Gasteiger partial charge is 0.356 e. The third-order valence-corrected chi connectivity index (χ3v) is 2.96. The summed E-state index contributed by atoms with van der Waals surface area (Å²) >= 11 is 0. The Hall–Kier alpha value is -1.31. The van der Waals surface area contributed by atoms with Gasteiger partial charge in [0.05, 0.1) is 6.42 Å². The molecular formula is C14H21NO. The summed E-state index contributed by atoms with van der Waals surface area (Å²) in [5, 5.41) is 2.97. The van der Waals surface area contributed by atoms with E-state index in [0.717, 1.165) is 18.5 Å². The lowest BCUT2D eigenvalue weighted by Gasteiger charge is -2.10. The van der Waals surface area contributed by atoms with Crippen LogP contribution in [-0.2, 0) is 11.2 Å². The molecule has 0 fully saturated rings. The second kappa shape index (κ2) is 6.31. The molecule has 16 heavy (non-hydrogen) atoms. The molecule has 0 aliphatic heterocycles. The van der Waals surface area contributed by atoms with E-state index in [0.29, 0.717) is 12.3 Å². The van der Waals surface area contributed by atoms with Gasteiger partial charge in [0.1, 0.15) is 0 Å². The second-order valence-corrected chi connectivity index (χ2v) is 4.42. The maximum absolute atomic E-state index is 11.7. The van der Waals surface area contributed by atoms with Crippen LogP contribution in [0.4, 0.5) is 0 Å². The molecule has 1 aromatic rings. The molecule has 0 aliphatic rings. The summed E-state index contributed by atoms with van der Waals surface area (Å²) in [6, 6.07) is 8.02. The monoisotopic (exact) mass is 219 g/mol. The van der Waals surface area contributed by atoms with Gasteiger partial charge in [-0.25, -0.2) is 0 Å². The minimum Gasteiger partial charge on any atom is -0.356 e. The summed E-state index contributed by atoms with van der Waals surface area (Å²) in [5.74, 6) is 0.676. The normalized spacial score (nSPS) is 12.2. The van der Waals surface area contributed by atoms with Crippen molar-refractivity contribution in [3.05, 3.63) is 35.4 Å². The van der Waals surface area contributed by atoms with Crippen LogP contribution in [-0.4, -0.2) is 12.5 Å². The summed E-state index contributed by atoms with van der Waals surface area (Å²) in [6.45, 7) is 7.10. The fraction of sp³-hybridized carbons (Fsp3) is 0.500. The van der Waals surface area contributed by atoms with Crippen molar-refractivity contribution in [3.63, 3.8) is 0 Å². The Morgan fingerprint density at radius 2 is 2.06 bits per heavy atom. The maximum Gasteiger partial charge on any atom is 0.224 e. The Balaban J connectivity index is 2.43. The number of hydrogen-bond donors (Lipinski definition) is 1. The third kappa shape index (κ3) is 4.05. The number of aryl methyl sites for hydroxylation is 1. The van der Waals surface area contributed by atoms with Gasteiger partial charge in [0.2, 0.25) is 5.91 Å². The van der Waals surface area contributed by atoms with E-state index in [2.05, 4.69) is 19.2 Å². The molecule has 0 heterocycles. The van der Waals surface area contributed by atoms with Gasteiger partial charge >= 0.3 is 0 Å². The van der Waals surface area contributed by atoms with Gasteiger partial charge in [-0.1, -0.05) is 44.5 Å². The quantitative estimate of drug-likeness (QED) is 0.810. The number of rotatable bonds is 5. The van der Waals surface area contributed by atoms with Gasteiger partial charge in [-0.05, 0) is 24.0 Å². The first-order valence-electron chi connectivity index (χ1n) is 5.94. The number of nitrogens with one attached hydrogen (secondary N) is 1. The van der Waals surface area contributed by atoms with Gasteiger partial charge in [0.25, 0.3) is 0 Å². The predicted octanol–water partition coefficient (Wildman–Crippen LogP) is 2.70. The highest BCUT2D eigenvalue weighted by atomic mass is 16.1. The van der Waals surface area contributed by atoms with E-state index in [-0.39, 0.29) is 5.91 Å². The number of benzene rings is 1. The van der Waals surface area contributed by atoms with Crippen molar-refractivity contribution in [1.29, 1.82) is 0 Å². The standard InChI is InChI=1S/C14H21NO/c1-4-11(2)10-15-14(16)9-13-8-6-5-7-12(13)3/h5-8,11H,4,9-10H2,1-3H3,(H,15,16). The first kappa shape index (κ1) is 12.8. The molecule has 0 saturated heterocycles. The summed E-state index contributed by atoms with van der Waals surface area (Å²) in [5.41, 5.74) is 2.30. The van der Waals surface area contributed by atoms with Crippen LogP contribution in [0.3, 0.4) is 0 Å². The van der Waals surface area contributed by atoms with Crippen LogP contribution < -0.4 is 5.32 Å². The van der Waals surface area contributed by atoms with Crippen LogP contribution in [0.1, 0.15) is 31.4 Å². The number of carbonyl (C=O) groups is 1. The van der Waals surface area contributed by atoms with Gasteiger partial charge < -0.3 is 5.32 Å². The second-order valence-electron chi connectivity index (χ2n) is 4.42. The van der Waals surface area contributed by atoms with E-state index in [1.165, 1.54) is 5.56 Å². The van der Waals surface area contributed by atoms with Crippen molar-refractivity contribution in [3.8, 4) is 0 Å². The van der Waals surface area contributed by atoms with Crippen molar-refractivity contribution in [2.75, 3.05) is 6.54 Å². The molecular weight excluding hydrogens is 198 g/mol. The minimum atomic E-state index is 0.120. The molecule has 1 N–H and O–H groups in total. The molecule has 0 aliphatic carbocycles. The van der Waals surface area contributed by atoms with Gasteiger partial charge in [-0.3, -0.25) is 4.79 Å². The third-order valence-electron chi connectivity index (χ3n) is 2.96. The van der Waals surface area contributed by atoms with Crippen molar-refractivity contribution in [1.82, 2.24) is 5.32 Å². The van der Waals surface area contributed by atoms with Crippen molar-refractivity contribution >= 4 is 5.91 Å². The van der Waals surface area contributed by atoms with Gasteiger partial charge in [0, 0.05) is 6.54 Å². The van der Waals surface area contributed by atoms with Crippen LogP contribution in [0.2, 0.25) is 0 Å². The van der Waals surface area contributed by atoms with Crippen LogP contribution >= 0.6 is 0 Å². The molecule has 1 amide bonds. The Morgan fingerprint density at radius 3 is 2.69 bits per heavy atom. The topological polar surface area (TPSA) is 29.1 Å². The number of carbonyl (C=O) groups excluding carboxylic acids is 1. The molecule has 0 bridgehead atoms. The lowest BCUT2D eigenvalue weighted by atomic mass is 10.1. The zero-order valence-electron chi connectivity index (χ0n) is 10.4. The summed E-state index contributed by atoms with van der Waals surface area (Å²) in [7, 11) is 0. The number of hydrogen-bond acceptors (Lipinski definition) is 1. The fourth-order valence-electron chi connectivity index (χ4n) is 1.48. The molecule has 0 radical (unpaired) electrons. The average Bonchev–Trinajstić information content (AvgIpc) is 2.29. The molecule has 1 aromatic carbocycles. The summed E-state index contributed by atoms with van der Waals surface area (Å²) < 4.78 is 0. The van der Waals surface area contributed by atoms with Crippen LogP contribution in [0, 0.1) is 12.8 Å². The van der Waals surface area contributed by atoms with Crippen molar-refractivity contribution in [2.24, 2.45) is 5.92 Å². The van der Waals surface area contributed by atoms with Crippen LogP contribution in [0.25, 0.3) is 0 Å². The highest BCUT2D eigenvalue weighted by molar-refractivity contribution is 5.78.